The fourth-order valence-corrected chi connectivity index (χ4v) is 6.10. The molecule has 2 aromatic heterocycles. The number of nitrogens with two attached hydrogens (primary N) is 1. The summed E-state index contributed by atoms with van der Waals surface area (Å²) in [6, 6.07) is 5.47. The van der Waals surface area contributed by atoms with E-state index >= 15 is 0 Å². The van der Waals surface area contributed by atoms with E-state index in [4.69, 9.17) is 10.5 Å². The van der Waals surface area contributed by atoms with Gasteiger partial charge in [0, 0.05) is 44.3 Å². The first-order valence-electron chi connectivity index (χ1n) is 9.82. The van der Waals surface area contributed by atoms with Gasteiger partial charge < -0.3 is 10.5 Å². The van der Waals surface area contributed by atoms with E-state index in [1.165, 1.54) is 34.0 Å². The summed E-state index contributed by atoms with van der Waals surface area (Å²) in [4.78, 5) is 19.2. The maximum Gasteiger partial charge on any atom is 0.281 e. The predicted molar refractivity (Wildman–Crippen MR) is 122 cm³/mol. The van der Waals surface area contributed by atoms with Crippen molar-refractivity contribution in [3.05, 3.63) is 50.9 Å². The van der Waals surface area contributed by atoms with Crippen LogP contribution in [0.4, 0.5) is 5.69 Å². The largest absolute Gasteiger partial charge is 0.497 e. The van der Waals surface area contributed by atoms with Gasteiger partial charge in [-0.05, 0) is 42.2 Å². The van der Waals surface area contributed by atoms with E-state index in [-0.39, 0.29) is 12.1 Å². The highest BCUT2D eigenvalue weighted by Crippen LogP contribution is 2.33. The molecule has 11 heteroatoms. The van der Waals surface area contributed by atoms with Crippen molar-refractivity contribution in [1.29, 1.82) is 0 Å². The van der Waals surface area contributed by atoms with Gasteiger partial charge in [0.2, 0.25) is 0 Å². The van der Waals surface area contributed by atoms with Crippen molar-refractivity contribution in [3.63, 3.8) is 0 Å². The van der Waals surface area contributed by atoms with Crippen molar-refractivity contribution < 1.29 is 13.2 Å². The van der Waals surface area contributed by atoms with Gasteiger partial charge in [-0.2, -0.15) is 17.0 Å². The van der Waals surface area contributed by atoms with Crippen LogP contribution in [0, 0.1) is 0 Å². The zero-order valence-electron chi connectivity index (χ0n) is 17.7. The monoisotopic (exact) mass is 463 g/mol. The molecule has 0 saturated heterocycles. The Balaban J connectivity index is 1.63. The lowest BCUT2D eigenvalue weighted by Crippen LogP contribution is -2.42. The molecule has 2 N–H and O–H groups in total. The molecule has 0 saturated carbocycles. The Kier molecular flexibility index (Phi) is 5.77. The average Bonchev–Trinajstić information content (AvgIpc) is 3.12. The van der Waals surface area contributed by atoms with Crippen molar-refractivity contribution in [2.45, 2.75) is 25.9 Å². The molecular weight excluding hydrogens is 438 g/mol. The molecule has 0 unspecified atom stereocenters. The molecule has 1 aromatic carbocycles. The maximum atomic E-state index is 13.2. The Morgan fingerprint density at radius 2 is 2.10 bits per heavy atom. The number of rotatable bonds is 6. The van der Waals surface area contributed by atoms with Crippen LogP contribution in [0.3, 0.4) is 0 Å². The van der Waals surface area contributed by atoms with Gasteiger partial charge in [0.1, 0.15) is 10.6 Å². The molecule has 4 rings (SSSR count). The van der Waals surface area contributed by atoms with Gasteiger partial charge in [0.15, 0.2) is 0 Å². The van der Waals surface area contributed by atoms with Crippen LogP contribution < -0.4 is 16.0 Å². The van der Waals surface area contributed by atoms with Crippen LogP contribution in [0.25, 0.3) is 10.2 Å². The number of nitrogen functional groups attached to an aromatic ring is 1. The van der Waals surface area contributed by atoms with Gasteiger partial charge >= 0.3 is 0 Å². The summed E-state index contributed by atoms with van der Waals surface area (Å²) < 4.78 is 34.5. The van der Waals surface area contributed by atoms with E-state index in [1.807, 2.05) is 6.07 Å². The number of ether oxygens (including phenoxy) is 1. The van der Waals surface area contributed by atoms with Crippen molar-refractivity contribution in [2.24, 2.45) is 0 Å². The second-order valence-corrected chi connectivity index (χ2v) is 10.8. The number of aromatic nitrogens is 2. The molecule has 0 atom stereocenters. The number of hydrogen-bond donors (Lipinski definition) is 1. The minimum absolute atomic E-state index is 0.104. The van der Waals surface area contributed by atoms with Gasteiger partial charge in [0.25, 0.3) is 15.8 Å². The van der Waals surface area contributed by atoms with Gasteiger partial charge in [-0.25, -0.2) is 4.98 Å². The summed E-state index contributed by atoms with van der Waals surface area (Å²) in [6.07, 6.45) is 2.61. The Bertz CT molecular complexity index is 1300. The Morgan fingerprint density at radius 1 is 1.32 bits per heavy atom. The quantitative estimate of drug-likeness (QED) is 0.554. The number of anilines is 1. The number of benzene rings is 1. The van der Waals surface area contributed by atoms with Gasteiger partial charge in [-0.15, -0.1) is 11.3 Å². The molecule has 0 spiro atoms. The number of aryl methyl sites for hydroxylation is 2. The van der Waals surface area contributed by atoms with Gasteiger partial charge in [-0.1, -0.05) is 0 Å². The second kappa shape index (κ2) is 8.23. The Labute approximate surface area is 184 Å². The minimum atomic E-state index is -3.50. The van der Waals surface area contributed by atoms with E-state index < -0.39 is 10.2 Å². The average molecular weight is 464 g/mol. The van der Waals surface area contributed by atoms with Crippen LogP contribution in [-0.4, -0.2) is 54.3 Å². The summed E-state index contributed by atoms with van der Waals surface area (Å²) >= 11 is 1.39. The highest BCUT2D eigenvalue weighted by Gasteiger charge is 2.31. The summed E-state index contributed by atoms with van der Waals surface area (Å²) in [7, 11) is 1.14. The molecule has 3 heterocycles. The van der Waals surface area contributed by atoms with Crippen molar-refractivity contribution in [2.75, 3.05) is 33.5 Å². The summed E-state index contributed by atoms with van der Waals surface area (Å²) in [5.74, 6) is 0.717. The SMILES string of the molecule is COc1ccc(N)c(CCn2cnc3sc4c(c3c2=O)CCN(S(=O)(=O)N(C)C)C4)c1. The third-order valence-electron chi connectivity index (χ3n) is 5.55. The second-order valence-electron chi connectivity index (χ2n) is 7.62. The zero-order valence-corrected chi connectivity index (χ0v) is 19.3. The molecule has 0 aliphatic carbocycles. The van der Waals surface area contributed by atoms with Gasteiger partial charge in [-0.3, -0.25) is 9.36 Å². The molecule has 1 aliphatic rings. The number of thiophene rings is 1. The lowest BCUT2D eigenvalue weighted by atomic mass is 10.1. The molecule has 31 heavy (non-hydrogen) atoms. The standard InChI is InChI=1S/C20H25N5O4S2/c1-23(2)31(27,28)25-9-7-15-17(11-25)30-19-18(15)20(26)24(12-22-19)8-6-13-10-14(29-3)4-5-16(13)21/h4-5,10,12H,6-9,11,21H2,1-3H3. The van der Waals surface area contributed by atoms with Crippen molar-refractivity contribution in [3.8, 4) is 5.75 Å². The van der Waals surface area contributed by atoms with Crippen LogP contribution in [0.15, 0.2) is 29.3 Å². The molecular formula is C20H25N5O4S2. The molecule has 1 aliphatic heterocycles. The molecule has 0 amide bonds. The molecule has 166 valence electrons. The number of methoxy groups -OCH3 is 1. The Hall–Kier alpha value is -2.47. The van der Waals surface area contributed by atoms with E-state index in [0.717, 1.165) is 16.0 Å². The van der Waals surface area contributed by atoms with Crippen LogP contribution >= 0.6 is 11.3 Å². The zero-order chi connectivity index (χ0) is 22.3. The smallest absolute Gasteiger partial charge is 0.281 e. The highest BCUT2D eigenvalue weighted by molar-refractivity contribution is 7.86. The molecule has 0 fully saturated rings. The van der Waals surface area contributed by atoms with E-state index in [1.54, 1.807) is 30.1 Å². The summed E-state index contributed by atoms with van der Waals surface area (Å²) in [5.41, 5.74) is 8.43. The fourth-order valence-electron chi connectivity index (χ4n) is 3.75. The lowest BCUT2D eigenvalue weighted by molar-refractivity contribution is 0.362. The fraction of sp³-hybridized carbons (Fsp3) is 0.400. The first-order valence-corrected chi connectivity index (χ1v) is 12.0. The maximum absolute atomic E-state index is 13.2. The molecule has 0 bridgehead atoms. The van der Waals surface area contributed by atoms with Crippen molar-refractivity contribution >= 4 is 37.5 Å². The number of hydrogen-bond acceptors (Lipinski definition) is 7. The summed E-state index contributed by atoms with van der Waals surface area (Å²) in [6.45, 7) is 1.04. The molecule has 9 nitrogen and oxygen atoms in total. The first-order chi connectivity index (χ1) is 14.7. The third-order valence-corrected chi connectivity index (χ3v) is 8.56. The van der Waals surface area contributed by atoms with Crippen molar-refractivity contribution in [1.82, 2.24) is 18.2 Å². The topological polar surface area (TPSA) is 111 Å². The van der Waals surface area contributed by atoms with Crippen LogP contribution in [0.2, 0.25) is 0 Å². The number of fused-ring (bicyclic) bond motifs is 3. The Morgan fingerprint density at radius 3 is 2.81 bits per heavy atom. The highest BCUT2D eigenvalue weighted by atomic mass is 32.2. The van der Waals surface area contributed by atoms with Crippen LogP contribution in [-0.2, 0) is 36.1 Å². The number of nitrogens with zero attached hydrogens (tertiary/aromatic N) is 4. The predicted octanol–water partition coefficient (Wildman–Crippen LogP) is 1.46. The third kappa shape index (κ3) is 3.93. The van der Waals surface area contributed by atoms with Crippen LogP contribution in [0.5, 0.6) is 5.75 Å². The first kappa shape index (κ1) is 21.8. The molecule has 3 aromatic rings. The van der Waals surface area contributed by atoms with E-state index in [0.29, 0.717) is 47.6 Å². The van der Waals surface area contributed by atoms with Crippen LogP contribution in [0.1, 0.15) is 16.0 Å². The minimum Gasteiger partial charge on any atom is -0.497 e. The molecule has 0 radical (unpaired) electrons. The summed E-state index contributed by atoms with van der Waals surface area (Å²) in [5, 5.41) is 0.600. The normalized spacial score (nSPS) is 14.8. The lowest BCUT2D eigenvalue weighted by Gasteiger charge is -2.28. The van der Waals surface area contributed by atoms with E-state index in [9.17, 15) is 13.2 Å². The van der Waals surface area contributed by atoms with E-state index in [2.05, 4.69) is 4.98 Å². The van der Waals surface area contributed by atoms with Gasteiger partial charge in [0.05, 0.1) is 18.8 Å².